The number of hydrogen-bond acceptors (Lipinski definition) is 5. The van der Waals surface area contributed by atoms with Crippen LogP contribution in [0.25, 0.3) is 0 Å². The van der Waals surface area contributed by atoms with E-state index in [1.807, 2.05) is 25.1 Å². The van der Waals surface area contributed by atoms with Crippen molar-refractivity contribution in [2.24, 2.45) is 10.9 Å². The summed E-state index contributed by atoms with van der Waals surface area (Å²) in [6, 6.07) is 10.5. The van der Waals surface area contributed by atoms with E-state index in [0.29, 0.717) is 12.5 Å². The van der Waals surface area contributed by atoms with Crippen LogP contribution in [0.15, 0.2) is 40.7 Å². The fourth-order valence-electron chi connectivity index (χ4n) is 3.16. The third-order valence-corrected chi connectivity index (χ3v) is 5.60. The number of halogens is 1. The molecule has 28 heavy (non-hydrogen) atoms. The summed E-state index contributed by atoms with van der Waals surface area (Å²) in [5.41, 5.74) is 2.25. The zero-order chi connectivity index (χ0) is 19.1. The van der Waals surface area contributed by atoms with Gasteiger partial charge in [0.05, 0.1) is 18.3 Å². The van der Waals surface area contributed by atoms with Crippen LogP contribution in [0.5, 0.6) is 0 Å². The van der Waals surface area contributed by atoms with E-state index in [-0.39, 0.29) is 30.1 Å². The van der Waals surface area contributed by atoms with Crippen molar-refractivity contribution in [3.05, 3.63) is 47.0 Å². The number of guanidine groups is 1. The average molecular weight is 515 g/mol. The van der Waals surface area contributed by atoms with Crippen molar-refractivity contribution >= 4 is 46.4 Å². The summed E-state index contributed by atoms with van der Waals surface area (Å²) >= 11 is 1.64. The van der Waals surface area contributed by atoms with Crippen LogP contribution in [0.3, 0.4) is 0 Å². The van der Waals surface area contributed by atoms with E-state index in [1.54, 1.807) is 11.3 Å². The summed E-state index contributed by atoms with van der Waals surface area (Å²) in [6.45, 7) is 5.13. The molecule has 1 aliphatic heterocycles. The number of ether oxygens (including phenoxy) is 1. The van der Waals surface area contributed by atoms with Gasteiger partial charge in [-0.25, -0.2) is 9.98 Å². The number of nitrogens with one attached hydrogen (secondary N) is 2. The number of aromatic nitrogens is 1. The van der Waals surface area contributed by atoms with E-state index in [1.165, 1.54) is 5.56 Å². The molecule has 0 saturated carbocycles. The number of anilines is 1. The van der Waals surface area contributed by atoms with Gasteiger partial charge in [-0.3, -0.25) is 0 Å². The van der Waals surface area contributed by atoms with Gasteiger partial charge in [-0.15, -0.1) is 35.3 Å². The first-order chi connectivity index (χ1) is 13.2. The van der Waals surface area contributed by atoms with Crippen LogP contribution in [-0.2, 0) is 11.3 Å². The zero-order valence-electron chi connectivity index (χ0n) is 16.7. The second-order valence-corrected chi connectivity index (χ2v) is 7.68. The molecule has 2 N–H and O–H groups in total. The molecule has 0 bridgehead atoms. The molecule has 2 aromatic rings. The van der Waals surface area contributed by atoms with Crippen molar-refractivity contribution in [1.82, 2.24) is 15.6 Å². The highest BCUT2D eigenvalue weighted by Crippen LogP contribution is 2.33. The number of hydrogen-bond donors (Lipinski definition) is 2. The second-order valence-electron chi connectivity index (χ2n) is 6.84. The fourth-order valence-corrected chi connectivity index (χ4v) is 3.91. The Kier molecular flexibility index (Phi) is 9.46. The van der Waals surface area contributed by atoms with Crippen molar-refractivity contribution < 1.29 is 4.74 Å². The maximum Gasteiger partial charge on any atom is 0.191 e. The van der Waals surface area contributed by atoms with Crippen molar-refractivity contribution in [2.75, 3.05) is 38.7 Å². The third-order valence-electron chi connectivity index (χ3n) is 4.54. The van der Waals surface area contributed by atoms with E-state index in [0.717, 1.165) is 42.9 Å². The second kappa shape index (κ2) is 11.6. The van der Waals surface area contributed by atoms with E-state index >= 15 is 0 Å². The van der Waals surface area contributed by atoms with Crippen LogP contribution in [0.2, 0.25) is 0 Å². The highest BCUT2D eigenvalue weighted by Gasteiger charge is 2.29. The molecule has 1 saturated heterocycles. The molecule has 0 radical (unpaired) electrons. The lowest BCUT2D eigenvalue weighted by molar-refractivity contribution is 0.0915. The molecule has 2 heterocycles. The molecule has 0 aliphatic carbocycles. The predicted molar refractivity (Wildman–Crippen MR) is 128 cm³/mol. The van der Waals surface area contributed by atoms with Gasteiger partial charge < -0.3 is 20.3 Å². The highest BCUT2D eigenvalue weighted by atomic mass is 127. The summed E-state index contributed by atoms with van der Waals surface area (Å²) in [6.07, 6.45) is 1.22. The smallest absolute Gasteiger partial charge is 0.191 e. The van der Waals surface area contributed by atoms with Gasteiger partial charge in [-0.1, -0.05) is 30.3 Å². The minimum Gasteiger partial charge on any atom is -0.373 e. The Morgan fingerprint density at radius 1 is 1.29 bits per heavy atom. The first kappa shape index (κ1) is 22.9. The zero-order valence-corrected chi connectivity index (χ0v) is 19.9. The summed E-state index contributed by atoms with van der Waals surface area (Å²) in [5.74, 6) is 1.27. The lowest BCUT2D eigenvalue weighted by atomic mass is 9.95. The van der Waals surface area contributed by atoms with Gasteiger partial charge in [0.25, 0.3) is 0 Å². The van der Waals surface area contributed by atoms with Crippen LogP contribution in [-0.4, -0.2) is 44.7 Å². The first-order valence-electron chi connectivity index (χ1n) is 9.47. The Morgan fingerprint density at radius 3 is 2.75 bits per heavy atom. The summed E-state index contributed by atoms with van der Waals surface area (Å²) in [4.78, 5) is 11.3. The summed E-state index contributed by atoms with van der Waals surface area (Å²) in [5, 5.41) is 9.89. The lowest BCUT2D eigenvalue weighted by Crippen LogP contribution is -2.40. The van der Waals surface area contributed by atoms with Crippen molar-refractivity contribution in [2.45, 2.75) is 26.0 Å². The minimum absolute atomic E-state index is 0. The van der Waals surface area contributed by atoms with Crippen LogP contribution in [0.1, 0.15) is 30.7 Å². The molecule has 1 aromatic heterocycles. The molecule has 1 aliphatic rings. The van der Waals surface area contributed by atoms with E-state index in [2.05, 4.69) is 52.2 Å². The Balaban J connectivity index is 0.00000280. The number of thiazole rings is 1. The normalized spacial score (nSPS) is 19.2. The Labute approximate surface area is 188 Å². The molecule has 6 nitrogen and oxygen atoms in total. The predicted octanol–water partition coefficient (Wildman–Crippen LogP) is 3.66. The Morgan fingerprint density at radius 2 is 2.07 bits per heavy atom. The van der Waals surface area contributed by atoms with Crippen LogP contribution in [0.4, 0.5) is 5.13 Å². The summed E-state index contributed by atoms with van der Waals surface area (Å²) < 4.78 is 5.98. The maximum absolute atomic E-state index is 5.98. The first-order valence-corrected chi connectivity index (χ1v) is 10.4. The van der Waals surface area contributed by atoms with E-state index in [4.69, 9.17) is 9.73 Å². The molecular formula is C20H30IN5OS. The quantitative estimate of drug-likeness (QED) is 0.335. The Hall–Kier alpha value is -1.39. The van der Waals surface area contributed by atoms with E-state index < -0.39 is 0 Å². The molecule has 8 heteroatoms. The fraction of sp³-hybridized carbons (Fsp3) is 0.500. The van der Waals surface area contributed by atoms with Gasteiger partial charge in [0, 0.05) is 45.1 Å². The summed E-state index contributed by atoms with van der Waals surface area (Å²) in [7, 11) is 4.01. The maximum atomic E-state index is 5.98. The minimum atomic E-state index is 0. The van der Waals surface area contributed by atoms with Gasteiger partial charge >= 0.3 is 0 Å². The van der Waals surface area contributed by atoms with Crippen LogP contribution < -0.4 is 15.5 Å². The highest BCUT2D eigenvalue weighted by molar-refractivity contribution is 14.0. The van der Waals surface area contributed by atoms with Gasteiger partial charge in [-0.2, -0.15) is 0 Å². The SMILES string of the molecule is CCNC(=NCc1csc(N(C)C)n1)NCC1CCOC1c1ccccc1.I. The van der Waals surface area contributed by atoms with Crippen molar-refractivity contribution in [1.29, 1.82) is 0 Å². The number of rotatable bonds is 7. The van der Waals surface area contributed by atoms with Crippen molar-refractivity contribution in [3.8, 4) is 0 Å². The molecule has 0 spiro atoms. The van der Waals surface area contributed by atoms with Crippen LogP contribution >= 0.6 is 35.3 Å². The number of nitrogens with zero attached hydrogens (tertiary/aromatic N) is 3. The third kappa shape index (κ3) is 6.31. The molecule has 2 atom stereocenters. The van der Waals surface area contributed by atoms with Gasteiger partial charge in [0.15, 0.2) is 11.1 Å². The average Bonchev–Trinajstić information content (AvgIpc) is 3.34. The van der Waals surface area contributed by atoms with Gasteiger partial charge in [0.2, 0.25) is 0 Å². The molecule has 1 fully saturated rings. The van der Waals surface area contributed by atoms with Crippen molar-refractivity contribution in [3.63, 3.8) is 0 Å². The molecule has 1 aromatic carbocycles. The van der Waals surface area contributed by atoms with E-state index in [9.17, 15) is 0 Å². The largest absolute Gasteiger partial charge is 0.373 e. The van der Waals surface area contributed by atoms with Crippen LogP contribution in [0, 0.1) is 5.92 Å². The molecule has 0 amide bonds. The number of benzene rings is 1. The van der Waals surface area contributed by atoms with Gasteiger partial charge in [0.1, 0.15) is 0 Å². The Bertz CT molecular complexity index is 737. The molecular weight excluding hydrogens is 485 g/mol. The molecule has 154 valence electrons. The van der Waals surface area contributed by atoms with Gasteiger partial charge in [-0.05, 0) is 18.9 Å². The molecule has 2 unspecified atom stereocenters. The number of aliphatic imine (C=N–C) groups is 1. The molecule has 3 rings (SSSR count). The lowest BCUT2D eigenvalue weighted by Gasteiger charge is -2.20. The topological polar surface area (TPSA) is 61.8 Å². The standard InChI is InChI=1S/C20H29N5OS.HI/c1-4-21-19(23-13-17-14-27-20(24-17)25(2)3)22-12-16-10-11-26-18(16)15-8-6-5-7-9-15;/h5-9,14,16,18H,4,10-13H2,1-3H3,(H2,21,22,23);1H. The monoisotopic (exact) mass is 515 g/mol.